The van der Waals surface area contributed by atoms with E-state index in [2.05, 4.69) is 10.0 Å². The number of fused-ring (bicyclic) bond motifs is 3. The summed E-state index contributed by atoms with van der Waals surface area (Å²) in [5, 5.41) is 3.79. The molecule has 8 heteroatoms. The van der Waals surface area contributed by atoms with Gasteiger partial charge in [0, 0.05) is 28.7 Å². The molecule has 7 nitrogen and oxygen atoms in total. The Morgan fingerprint density at radius 1 is 1.07 bits per heavy atom. The van der Waals surface area contributed by atoms with Crippen molar-refractivity contribution >= 4 is 38.3 Å². The highest BCUT2D eigenvalue weighted by atomic mass is 32.2. The number of rotatable bonds is 6. The molecule has 152 valence electrons. The molecule has 0 fully saturated rings. The standard InChI is InChI=1S/C21H22N2O5S/c1-29(25,26)23-15-8-6-14(7-9-15)22-21(24)13-27-16-10-11-20-18(12-16)17-4-2-3-5-19(17)28-20/h6-12,23H,2-5,13H2,1H3,(H,22,24). The van der Waals surface area contributed by atoms with E-state index in [0.717, 1.165) is 48.7 Å². The number of hydrogen-bond donors (Lipinski definition) is 2. The van der Waals surface area contributed by atoms with Crippen LogP contribution in [0.4, 0.5) is 11.4 Å². The Morgan fingerprint density at radius 2 is 1.79 bits per heavy atom. The van der Waals surface area contributed by atoms with Crippen LogP contribution in [0, 0.1) is 0 Å². The topological polar surface area (TPSA) is 97.6 Å². The van der Waals surface area contributed by atoms with Gasteiger partial charge in [0.15, 0.2) is 6.61 Å². The van der Waals surface area contributed by atoms with Gasteiger partial charge in [0.2, 0.25) is 10.0 Å². The largest absolute Gasteiger partial charge is 0.484 e. The van der Waals surface area contributed by atoms with Crippen molar-refractivity contribution in [2.24, 2.45) is 0 Å². The van der Waals surface area contributed by atoms with Gasteiger partial charge in [-0.3, -0.25) is 9.52 Å². The Hall–Kier alpha value is -3.00. The molecule has 1 aliphatic rings. The number of aryl methyl sites for hydroxylation is 2. The normalized spacial score (nSPS) is 13.7. The Balaban J connectivity index is 1.37. The molecule has 4 rings (SSSR count). The molecular weight excluding hydrogens is 392 g/mol. The summed E-state index contributed by atoms with van der Waals surface area (Å²) in [4.78, 5) is 12.2. The third-order valence-electron chi connectivity index (χ3n) is 4.77. The minimum Gasteiger partial charge on any atom is -0.484 e. The summed E-state index contributed by atoms with van der Waals surface area (Å²) < 4.78 is 36.4. The first-order valence-corrected chi connectivity index (χ1v) is 11.3. The second-order valence-corrected chi connectivity index (χ2v) is 8.91. The fourth-order valence-electron chi connectivity index (χ4n) is 3.51. The molecule has 0 spiro atoms. The lowest BCUT2D eigenvalue weighted by atomic mass is 9.96. The number of hydrogen-bond acceptors (Lipinski definition) is 5. The van der Waals surface area contributed by atoms with Gasteiger partial charge in [-0.2, -0.15) is 0 Å². The van der Waals surface area contributed by atoms with Gasteiger partial charge < -0.3 is 14.5 Å². The molecule has 2 aromatic carbocycles. The highest BCUT2D eigenvalue weighted by molar-refractivity contribution is 7.92. The first kappa shape index (κ1) is 19.3. The molecule has 1 heterocycles. The first-order chi connectivity index (χ1) is 13.9. The molecule has 0 bridgehead atoms. The highest BCUT2D eigenvalue weighted by Gasteiger charge is 2.18. The summed E-state index contributed by atoms with van der Waals surface area (Å²) in [6, 6.07) is 12.0. The number of carbonyl (C=O) groups is 1. The minimum absolute atomic E-state index is 0.130. The molecule has 0 atom stereocenters. The van der Waals surface area contributed by atoms with Crippen molar-refractivity contribution in [2.45, 2.75) is 25.7 Å². The van der Waals surface area contributed by atoms with Crippen LogP contribution in [-0.2, 0) is 27.7 Å². The van der Waals surface area contributed by atoms with E-state index in [1.54, 1.807) is 30.3 Å². The number of sulfonamides is 1. The second kappa shape index (κ2) is 7.79. The molecule has 29 heavy (non-hydrogen) atoms. The van der Waals surface area contributed by atoms with Crippen LogP contribution >= 0.6 is 0 Å². The van der Waals surface area contributed by atoms with Crippen LogP contribution in [0.2, 0.25) is 0 Å². The van der Waals surface area contributed by atoms with Gasteiger partial charge in [0.25, 0.3) is 5.91 Å². The van der Waals surface area contributed by atoms with E-state index in [-0.39, 0.29) is 12.5 Å². The Kier molecular flexibility index (Phi) is 5.19. The van der Waals surface area contributed by atoms with Gasteiger partial charge in [0.05, 0.1) is 6.26 Å². The predicted molar refractivity (Wildman–Crippen MR) is 112 cm³/mol. The van der Waals surface area contributed by atoms with Crippen LogP contribution in [0.25, 0.3) is 11.0 Å². The van der Waals surface area contributed by atoms with E-state index < -0.39 is 10.0 Å². The van der Waals surface area contributed by atoms with Crippen LogP contribution in [0.1, 0.15) is 24.2 Å². The number of anilines is 2. The van der Waals surface area contributed by atoms with Gasteiger partial charge in [0.1, 0.15) is 17.1 Å². The maximum atomic E-state index is 12.2. The molecule has 0 saturated carbocycles. The number of nitrogens with one attached hydrogen (secondary N) is 2. The molecule has 1 amide bonds. The molecule has 1 aromatic heterocycles. The Morgan fingerprint density at radius 3 is 2.55 bits per heavy atom. The summed E-state index contributed by atoms with van der Waals surface area (Å²) in [6.07, 6.45) is 5.38. The van der Waals surface area contributed by atoms with Crippen molar-refractivity contribution in [2.75, 3.05) is 22.9 Å². The average Bonchev–Trinajstić information content (AvgIpc) is 3.05. The highest BCUT2D eigenvalue weighted by Crippen LogP contribution is 2.33. The zero-order valence-corrected chi connectivity index (χ0v) is 16.8. The average molecular weight is 414 g/mol. The first-order valence-electron chi connectivity index (χ1n) is 9.42. The van der Waals surface area contributed by atoms with Gasteiger partial charge >= 0.3 is 0 Å². The summed E-state index contributed by atoms with van der Waals surface area (Å²) in [7, 11) is -3.33. The van der Waals surface area contributed by atoms with Crippen molar-refractivity contribution in [3.63, 3.8) is 0 Å². The van der Waals surface area contributed by atoms with Gasteiger partial charge in [-0.25, -0.2) is 8.42 Å². The fourth-order valence-corrected chi connectivity index (χ4v) is 4.08. The van der Waals surface area contributed by atoms with Crippen LogP contribution in [-0.4, -0.2) is 27.2 Å². The second-order valence-electron chi connectivity index (χ2n) is 7.16. The van der Waals surface area contributed by atoms with Crippen LogP contribution in [0.15, 0.2) is 46.9 Å². The van der Waals surface area contributed by atoms with E-state index in [1.165, 1.54) is 5.56 Å². The van der Waals surface area contributed by atoms with Gasteiger partial charge in [-0.1, -0.05) is 0 Å². The lowest BCUT2D eigenvalue weighted by molar-refractivity contribution is -0.118. The number of benzene rings is 2. The zero-order chi connectivity index (χ0) is 20.4. The van der Waals surface area contributed by atoms with Crippen molar-refractivity contribution < 1.29 is 22.4 Å². The minimum atomic E-state index is -3.33. The summed E-state index contributed by atoms with van der Waals surface area (Å²) >= 11 is 0. The molecule has 0 radical (unpaired) electrons. The quantitative estimate of drug-likeness (QED) is 0.641. The maximum Gasteiger partial charge on any atom is 0.262 e. The Bertz CT molecular complexity index is 1150. The van der Waals surface area contributed by atoms with Crippen LogP contribution in [0.5, 0.6) is 5.75 Å². The molecule has 3 aromatic rings. The SMILES string of the molecule is CS(=O)(=O)Nc1ccc(NC(=O)COc2ccc3oc4c(c3c2)CCCC4)cc1. The third kappa shape index (κ3) is 4.71. The monoisotopic (exact) mass is 414 g/mol. The molecule has 1 aliphatic carbocycles. The molecule has 0 saturated heterocycles. The van der Waals surface area contributed by atoms with Gasteiger partial charge in [-0.15, -0.1) is 0 Å². The van der Waals surface area contributed by atoms with Crippen LogP contribution in [0.3, 0.4) is 0 Å². The number of carbonyl (C=O) groups excluding carboxylic acids is 1. The van der Waals surface area contributed by atoms with E-state index in [1.807, 2.05) is 12.1 Å². The number of amides is 1. The summed E-state index contributed by atoms with van der Waals surface area (Å²) in [5.74, 6) is 1.38. The smallest absolute Gasteiger partial charge is 0.262 e. The predicted octanol–water partition coefficient (Wildman–Crippen LogP) is 3.70. The van der Waals surface area contributed by atoms with E-state index >= 15 is 0 Å². The lowest BCUT2D eigenvalue weighted by Crippen LogP contribution is -2.20. The molecule has 0 unspecified atom stereocenters. The molecular formula is C21H22N2O5S. The summed E-state index contributed by atoms with van der Waals surface area (Å²) in [6.45, 7) is -0.130. The lowest BCUT2D eigenvalue weighted by Gasteiger charge is -2.10. The molecule has 0 aliphatic heterocycles. The fraction of sp³-hybridized carbons (Fsp3) is 0.286. The van der Waals surface area contributed by atoms with Crippen molar-refractivity contribution in [1.82, 2.24) is 0 Å². The number of furan rings is 1. The Labute approximate surface area is 169 Å². The third-order valence-corrected chi connectivity index (χ3v) is 5.37. The summed E-state index contributed by atoms with van der Waals surface area (Å²) in [5.41, 5.74) is 3.09. The van der Waals surface area contributed by atoms with Crippen LogP contribution < -0.4 is 14.8 Å². The zero-order valence-electron chi connectivity index (χ0n) is 16.0. The van der Waals surface area contributed by atoms with Gasteiger partial charge in [-0.05, 0) is 61.7 Å². The van der Waals surface area contributed by atoms with E-state index in [0.29, 0.717) is 17.1 Å². The van der Waals surface area contributed by atoms with Crippen molar-refractivity contribution in [1.29, 1.82) is 0 Å². The van der Waals surface area contributed by atoms with Crippen molar-refractivity contribution in [3.05, 3.63) is 53.8 Å². The maximum absolute atomic E-state index is 12.2. The van der Waals surface area contributed by atoms with E-state index in [4.69, 9.17) is 9.15 Å². The molecule has 2 N–H and O–H groups in total. The van der Waals surface area contributed by atoms with E-state index in [9.17, 15) is 13.2 Å². The number of ether oxygens (including phenoxy) is 1. The van der Waals surface area contributed by atoms with Crippen molar-refractivity contribution in [3.8, 4) is 5.75 Å².